The van der Waals surface area contributed by atoms with Gasteiger partial charge in [-0.25, -0.2) is 0 Å². The molecule has 5 rings (SSSR count). The van der Waals surface area contributed by atoms with Crippen LogP contribution in [0.2, 0.25) is 18.1 Å². The summed E-state index contributed by atoms with van der Waals surface area (Å²) in [6.45, 7) is 8.60. The molecule has 0 amide bonds. The number of hydrogen-bond donors (Lipinski definition) is 0. The van der Waals surface area contributed by atoms with E-state index < -0.39 is 25.9 Å². The fourth-order valence-corrected chi connectivity index (χ4v) is 9.17. The summed E-state index contributed by atoms with van der Waals surface area (Å²) in [5, 5.41) is 1.60. The minimum atomic E-state index is -1.81. The summed E-state index contributed by atoms with van der Waals surface area (Å²) in [5.41, 5.74) is 3.31. The van der Waals surface area contributed by atoms with Gasteiger partial charge in [-0.3, -0.25) is 14.4 Å². The van der Waals surface area contributed by atoms with Crippen molar-refractivity contribution in [3.05, 3.63) is 88.7 Å². The molecule has 0 radical (unpaired) electrons. The van der Waals surface area contributed by atoms with Crippen molar-refractivity contribution < 1.29 is 19.1 Å². The summed E-state index contributed by atoms with van der Waals surface area (Å²) in [5.74, 6) is -1.76. The number of allylic oxidation sites excluding steroid dienone is 4. The SMILES string of the molecule is CC(=O)OC1=CC=CC2C(=O)c3c(ccc4c3CCC(C)([Si](C)(C)c3ccccc3)C4)C(=O)C12. The maximum atomic E-state index is 13.7. The van der Waals surface area contributed by atoms with Crippen LogP contribution in [0.5, 0.6) is 0 Å². The molecule has 0 N–H and O–H groups in total. The van der Waals surface area contributed by atoms with Crippen LogP contribution in [0.3, 0.4) is 0 Å². The summed E-state index contributed by atoms with van der Waals surface area (Å²) in [4.78, 5) is 38.8. The Morgan fingerprint density at radius 1 is 1.06 bits per heavy atom. The number of Topliss-reactive ketones (excluding diaryl/α,β-unsaturated/α-hetero) is 2. The number of carbonyl (C=O) groups excluding carboxylic acids is 3. The zero-order valence-corrected chi connectivity index (χ0v) is 21.2. The van der Waals surface area contributed by atoms with Crippen molar-refractivity contribution in [3.8, 4) is 0 Å². The molecule has 0 aliphatic heterocycles. The highest BCUT2D eigenvalue weighted by Crippen LogP contribution is 2.50. The predicted octanol–water partition coefficient (Wildman–Crippen LogP) is 5.18. The Kier molecular flexibility index (Phi) is 5.36. The summed E-state index contributed by atoms with van der Waals surface area (Å²) in [7, 11) is -1.81. The molecular weight excluding hydrogens is 440 g/mol. The van der Waals surface area contributed by atoms with E-state index in [2.05, 4.69) is 56.4 Å². The maximum Gasteiger partial charge on any atom is 0.307 e. The zero-order valence-electron chi connectivity index (χ0n) is 20.2. The molecule has 2 aromatic rings. The molecule has 4 nitrogen and oxygen atoms in total. The maximum absolute atomic E-state index is 13.7. The van der Waals surface area contributed by atoms with E-state index in [1.807, 2.05) is 6.07 Å². The van der Waals surface area contributed by atoms with Crippen molar-refractivity contribution in [1.29, 1.82) is 0 Å². The third-order valence-electron chi connectivity index (χ3n) is 8.52. The molecule has 0 spiro atoms. The molecule has 3 unspecified atom stereocenters. The van der Waals surface area contributed by atoms with Crippen LogP contribution in [-0.4, -0.2) is 25.6 Å². The van der Waals surface area contributed by atoms with Crippen LogP contribution >= 0.6 is 0 Å². The number of ketones is 2. The number of rotatable bonds is 3. The quantitative estimate of drug-likeness (QED) is 0.458. The lowest BCUT2D eigenvalue weighted by molar-refractivity contribution is -0.137. The average molecular weight is 471 g/mol. The minimum Gasteiger partial charge on any atom is -0.430 e. The minimum absolute atomic E-state index is 0.0337. The molecule has 3 atom stereocenters. The van der Waals surface area contributed by atoms with Crippen LogP contribution in [0.25, 0.3) is 0 Å². The van der Waals surface area contributed by atoms with E-state index >= 15 is 0 Å². The van der Waals surface area contributed by atoms with Gasteiger partial charge in [0, 0.05) is 18.1 Å². The molecule has 0 bridgehead atoms. The molecule has 0 aromatic heterocycles. The number of hydrogen-bond acceptors (Lipinski definition) is 4. The van der Waals surface area contributed by atoms with Crippen molar-refractivity contribution in [2.75, 3.05) is 0 Å². The summed E-state index contributed by atoms with van der Waals surface area (Å²) in [6.07, 6.45) is 7.82. The fourth-order valence-electron chi connectivity index (χ4n) is 6.07. The summed E-state index contributed by atoms with van der Waals surface area (Å²) >= 11 is 0. The number of fused-ring (bicyclic) bond motifs is 4. The third-order valence-corrected chi connectivity index (χ3v) is 13.7. The second kappa shape index (κ2) is 8.02. The number of carbonyl (C=O) groups is 3. The number of esters is 1. The van der Waals surface area contributed by atoms with Gasteiger partial charge in [0.2, 0.25) is 0 Å². The van der Waals surface area contributed by atoms with Gasteiger partial charge in [-0.2, -0.15) is 0 Å². The molecule has 0 heterocycles. The highest BCUT2D eigenvalue weighted by Gasteiger charge is 2.49. The van der Waals surface area contributed by atoms with Gasteiger partial charge < -0.3 is 4.74 Å². The van der Waals surface area contributed by atoms with Gasteiger partial charge >= 0.3 is 5.97 Å². The molecule has 34 heavy (non-hydrogen) atoms. The second-order valence-electron chi connectivity index (χ2n) is 10.6. The first-order valence-electron chi connectivity index (χ1n) is 12.0. The Labute approximate surface area is 201 Å². The largest absolute Gasteiger partial charge is 0.430 e. The van der Waals surface area contributed by atoms with Crippen LogP contribution in [0.1, 0.15) is 52.1 Å². The van der Waals surface area contributed by atoms with Crippen LogP contribution < -0.4 is 5.19 Å². The molecule has 174 valence electrons. The van der Waals surface area contributed by atoms with Gasteiger partial charge in [0.15, 0.2) is 11.6 Å². The van der Waals surface area contributed by atoms with Crippen LogP contribution in [0.15, 0.2) is 66.5 Å². The second-order valence-corrected chi connectivity index (χ2v) is 15.7. The van der Waals surface area contributed by atoms with Gasteiger partial charge in [0.25, 0.3) is 0 Å². The zero-order chi connectivity index (χ0) is 24.3. The molecule has 0 saturated heterocycles. The van der Waals surface area contributed by atoms with Crippen molar-refractivity contribution in [3.63, 3.8) is 0 Å². The van der Waals surface area contributed by atoms with E-state index in [0.717, 1.165) is 24.8 Å². The lowest BCUT2D eigenvalue weighted by atomic mass is 9.68. The van der Waals surface area contributed by atoms with E-state index in [9.17, 15) is 14.4 Å². The fraction of sp³-hybridized carbons (Fsp3) is 0.345. The average Bonchev–Trinajstić information content (AvgIpc) is 2.81. The molecule has 5 heteroatoms. The predicted molar refractivity (Wildman–Crippen MR) is 135 cm³/mol. The van der Waals surface area contributed by atoms with Crippen LogP contribution in [0.4, 0.5) is 0 Å². The van der Waals surface area contributed by atoms with Crippen molar-refractivity contribution in [2.45, 2.75) is 51.2 Å². The molecule has 3 aliphatic rings. The number of ether oxygens (including phenoxy) is 1. The van der Waals surface area contributed by atoms with Gasteiger partial charge in [-0.15, -0.1) is 0 Å². The Bertz CT molecular complexity index is 1270. The van der Waals surface area contributed by atoms with E-state index in [0.29, 0.717) is 11.1 Å². The van der Waals surface area contributed by atoms with Gasteiger partial charge in [-0.05, 0) is 41.5 Å². The van der Waals surface area contributed by atoms with E-state index in [1.54, 1.807) is 18.2 Å². The lowest BCUT2D eigenvalue weighted by Gasteiger charge is -2.47. The highest BCUT2D eigenvalue weighted by atomic mass is 28.3. The first kappa shape index (κ1) is 22.7. The standard InChI is InChI=1S/C29H30O4Si/c1-18(30)33-24-12-8-11-22-26(24)28(32)23-14-13-19-17-29(2,16-15-21(19)25(23)27(22)31)34(3,4)20-9-6-5-7-10-20/h5-14,22,26H,15-17H2,1-4H3. The smallest absolute Gasteiger partial charge is 0.307 e. The van der Waals surface area contributed by atoms with Crippen LogP contribution in [-0.2, 0) is 22.4 Å². The van der Waals surface area contributed by atoms with E-state index in [-0.39, 0.29) is 22.4 Å². The van der Waals surface area contributed by atoms with E-state index in [1.165, 1.54) is 17.7 Å². The number of benzene rings is 2. The topological polar surface area (TPSA) is 60.4 Å². The van der Waals surface area contributed by atoms with E-state index in [4.69, 9.17) is 4.74 Å². The van der Waals surface area contributed by atoms with Gasteiger partial charge in [0.1, 0.15) is 5.76 Å². The first-order chi connectivity index (χ1) is 16.1. The Morgan fingerprint density at radius 2 is 1.79 bits per heavy atom. The Balaban J connectivity index is 1.54. The monoisotopic (exact) mass is 470 g/mol. The Morgan fingerprint density at radius 3 is 2.50 bits per heavy atom. The first-order valence-corrected chi connectivity index (χ1v) is 15.0. The molecular formula is C29H30O4Si. The van der Waals surface area contributed by atoms with Crippen molar-refractivity contribution >= 4 is 30.8 Å². The summed E-state index contributed by atoms with van der Waals surface area (Å²) < 4.78 is 5.32. The van der Waals surface area contributed by atoms with Gasteiger partial charge in [0.05, 0.1) is 19.9 Å². The van der Waals surface area contributed by atoms with Crippen LogP contribution in [0, 0.1) is 11.8 Å². The normalized spacial score (nSPS) is 25.7. The Hall–Kier alpha value is -3.05. The van der Waals surface area contributed by atoms with Crippen molar-refractivity contribution in [1.82, 2.24) is 0 Å². The highest BCUT2D eigenvalue weighted by molar-refractivity contribution is 6.92. The summed E-state index contributed by atoms with van der Waals surface area (Å²) in [6, 6.07) is 14.7. The lowest BCUT2D eigenvalue weighted by Crippen LogP contribution is -2.54. The molecule has 3 aliphatic carbocycles. The van der Waals surface area contributed by atoms with Crippen molar-refractivity contribution in [2.24, 2.45) is 11.8 Å². The molecule has 2 aromatic carbocycles. The van der Waals surface area contributed by atoms with Gasteiger partial charge in [-0.1, -0.05) is 79.8 Å². The molecule has 0 saturated carbocycles. The molecule has 0 fully saturated rings. The third kappa shape index (κ3) is 3.37.